The smallest absolute Gasteiger partial charge is 0.234 e. The number of nitrogens with two attached hydrogens (primary N) is 1. The average Bonchev–Trinajstić information content (AvgIpc) is 2.16. The van der Waals surface area contributed by atoms with E-state index in [9.17, 15) is 9.18 Å². The Morgan fingerprint density at radius 2 is 2.29 bits per heavy atom. The van der Waals surface area contributed by atoms with E-state index in [-0.39, 0.29) is 24.8 Å². The molecule has 0 spiro atoms. The van der Waals surface area contributed by atoms with E-state index in [1.165, 1.54) is 6.07 Å². The number of carbonyl (C=O) groups is 1. The molecule has 0 heterocycles. The molecule has 1 rings (SSSR count). The molecule has 0 atom stereocenters. The van der Waals surface area contributed by atoms with Gasteiger partial charge in [0, 0.05) is 12.1 Å². The molecule has 0 aromatic heterocycles. The molecule has 1 aromatic rings. The molecule has 1 amide bonds. The third kappa shape index (κ3) is 2.53. The largest absolute Gasteiger partial charge is 0.351 e. The molecule has 14 heavy (non-hydrogen) atoms. The Balaban J connectivity index is 2.71. The summed E-state index contributed by atoms with van der Waals surface area (Å²) in [5.41, 5.74) is 6.44. The van der Waals surface area contributed by atoms with Gasteiger partial charge in [0.25, 0.3) is 0 Å². The quantitative estimate of drug-likeness (QED) is 0.748. The van der Waals surface area contributed by atoms with Crippen LogP contribution in [-0.2, 0) is 11.3 Å². The molecule has 0 saturated heterocycles. The Bertz CT molecular complexity index is 319. The summed E-state index contributed by atoms with van der Waals surface area (Å²) in [5, 5.41) is 2.53. The zero-order chi connectivity index (χ0) is 10.6. The second-order valence-corrected chi connectivity index (χ2v) is 3.02. The summed E-state index contributed by atoms with van der Waals surface area (Å²) in [6.07, 6.45) is 0. The number of nitrogens with one attached hydrogen (secondary N) is 1. The zero-order valence-electron chi connectivity index (χ0n) is 8.01. The summed E-state index contributed by atoms with van der Waals surface area (Å²) in [6, 6.07) is 4.81. The Hall–Kier alpha value is -1.42. The van der Waals surface area contributed by atoms with Crippen molar-refractivity contribution in [2.75, 3.05) is 6.54 Å². The standard InChI is InChI=1S/C10H13FN2O/c1-7-3-2-4-9(11)8(7)6-13-10(14)5-12/h2-4H,5-6,12H2,1H3,(H,13,14). The Morgan fingerprint density at radius 3 is 2.86 bits per heavy atom. The number of amides is 1. The number of hydrogen-bond acceptors (Lipinski definition) is 2. The van der Waals surface area contributed by atoms with E-state index in [4.69, 9.17) is 5.73 Å². The number of aryl methyl sites for hydroxylation is 1. The van der Waals surface area contributed by atoms with Gasteiger partial charge in [0.05, 0.1) is 6.54 Å². The van der Waals surface area contributed by atoms with Crippen LogP contribution < -0.4 is 11.1 Å². The fraction of sp³-hybridized carbons (Fsp3) is 0.300. The molecule has 0 unspecified atom stereocenters. The van der Waals surface area contributed by atoms with Crippen LogP contribution in [-0.4, -0.2) is 12.5 Å². The molecule has 0 bridgehead atoms. The maximum Gasteiger partial charge on any atom is 0.234 e. The Kier molecular flexibility index (Phi) is 3.59. The van der Waals surface area contributed by atoms with Crippen LogP contribution in [0, 0.1) is 12.7 Å². The molecule has 0 aliphatic carbocycles. The van der Waals surface area contributed by atoms with Gasteiger partial charge in [-0.05, 0) is 18.6 Å². The van der Waals surface area contributed by atoms with Crippen molar-refractivity contribution >= 4 is 5.91 Å². The lowest BCUT2D eigenvalue weighted by Crippen LogP contribution is -2.30. The van der Waals surface area contributed by atoms with E-state index in [0.717, 1.165) is 5.56 Å². The van der Waals surface area contributed by atoms with Crippen molar-refractivity contribution in [3.05, 3.63) is 35.1 Å². The highest BCUT2D eigenvalue weighted by molar-refractivity contribution is 5.77. The first-order valence-electron chi connectivity index (χ1n) is 4.36. The fourth-order valence-corrected chi connectivity index (χ4v) is 1.15. The number of halogens is 1. The molecule has 3 N–H and O–H groups in total. The van der Waals surface area contributed by atoms with E-state index in [1.54, 1.807) is 19.1 Å². The highest BCUT2D eigenvalue weighted by atomic mass is 19.1. The molecule has 76 valence electrons. The van der Waals surface area contributed by atoms with Gasteiger partial charge in [-0.25, -0.2) is 4.39 Å². The molecule has 0 saturated carbocycles. The maximum absolute atomic E-state index is 13.2. The van der Waals surface area contributed by atoms with Crippen LogP contribution in [0.2, 0.25) is 0 Å². The first-order valence-corrected chi connectivity index (χ1v) is 4.36. The molecule has 1 aromatic carbocycles. The normalized spacial score (nSPS) is 9.93. The number of carbonyl (C=O) groups excluding carboxylic acids is 1. The molecule has 0 aliphatic rings. The van der Waals surface area contributed by atoms with Crippen molar-refractivity contribution in [2.24, 2.45) is 5.73 Å². The van der Waals surface area contributed by atoms with E-state index in [2.05, 4.69) is 5.32 Å². The van der Waals surface area contributed by atoms with Crippen molar-refractivity contribution in [2.45, 2.75) is 13.5 Å². The van der Waals surface area contributed by atoms with Crippen LogP contribution in [0.1, 0.15) is 11.1 Å². The van der Waals surface area contributed by atoms with E-state index in [0.29, 0.717) is 5.56 Å². The molecular weight excluding hydrogens is 183 g/mol. The minimum atomic E-state index is -0.303. The summed E-state index contributed by atoms with van der Waals surface area (Å²) in [7, 11) is 0. The SMILES string of the molecule is Cc1cccc(F)c1CNC(=O)CN. The third-order valence-electron chi connectivity index (χ3n) is 2.00. The summed E-state index contributed by atoms with van der Waals surface area (Å²) in [6.45, 7) is 1.91. The van der Waals surface area contributed by atoms with Crippen LogP contribution in [0.15, 0.2) is 18.2 Å². The predicted octanol–water partition coefficient (Wildman–Crippen LogP) is 0.709. The van der Waals surface area contributed by atoms with Gasteiger partial charge in [-0.3, -0.25) is 4.79 Å². The van der Waals surface area contributed by atoms with Crippen LogP contribution in [0.25, 0.3) is 0 Å². The highest BCUT2D eigenvalue weighted by Crippen LogP contribution is 2.11. The second kappa shape index (κ2) is 4.72. The highest BCUT2D eigenvalue weighted by Gasteiger charge is 2.05. The van der Waals surface area contributed by atoms with Gasteiger partial charge in [-0.1, -0.05) is 12.1 Å². The lowest BCUT2D eigenvalue weighted by Gasteiger charge is -2.07. The van der Waals surface area contributed by atoms with Crippen LogP contribution in [0.4, 0.5) is 4.39 Å². The van der Waals surface area contributed by atoms with E-state index >= 15 is 0 Å². The van der Waals surface area contributed by atoms with Gasteiger partial charge in [0.2, 0.25) is 5.91 Å². The topological polar surface area (TPSA) is 55.1 Å². The van der Waals surface area contributed by atoms with Gasteiger partial charge in [-0.15, -0.1) is 0 Å². The monoisotopic (exact) mass is 196 g/mol. The van der Waals surface area contributed by atoms with Gasteiger partial charge in [0.1, 0.15) is 5.82 Å². The maximum atomic E-state index is 13.2. The first kappa shape index (κ1) is 10.7. The van der Waals surface area contributed by atoms with Crippen molar-refractivity contribution < 1.29 is 9.18 Å². The summed E-state index contributed by atoms with van der Waals surface area (Å²) in [5.74, 6) is -0.588. The molecule has 3 nitrogen and oxygen atoms in total. The number of benzene rings is 1. The number of hydrogen-bond donors (Lipinski definition) is 2. The minimum Gasteiger partial charge on any atom is -0.351 e. The fourth-order valence-electron chi connectivity index (χ4n) is 1.15. The van der Waals surface area contributed by atoms with Crippen molar-refractivity contribution in [3.8, 4) is 0 Å². The molecule has 0 fully saturated rings. The minimum absolute atomic E-state index is 0.0759. The van der Waals surface area contributed by atoms with Gasteiger partial charge in [-0.2, -0.15) is 0 Å². The van der Waals surface area contributed by atoms with Gasteiger partial charge < -0.3 is 11.1 Å². The summed E-state index contributed by atoms with van der Waals surface area (Å²) in [4.78, 5) is 10.8. The zero-order valence-corrected chi connectivity index (χ0v) is 8.01. The van der Waals surface area contributed by atoms with Crippen LogP contribution >= 0.6 is 0 Å². The predicted molar refractivity (Wildman–Crippen MR) is 52.0 cm³/mol. The average molecular weight is 196 g/mol. The van der Waals surface area contributed by atoms with Crippen molar-refractivity contribution in [3.63, 3.8) is 0 Å². The summed E-state index contributed by atoms with van der Waals surface area (Å²) >= 11 is 0. The molecule has 4 heteroatoms. The Morgan fingerprint density at radius 1 is 1.57 bits per heavy atom. The Labute approximate surface area is 82.1 Å². The third-order valence-corrected chi connectivity index (χ3v) is 2.00. The first-order chi connectivity index (χ1) is 6.65. The molecule has 0 aliphatic heterocycles. The lowest BCUT2D eigenvalue weighted by atomic mass is 10.1. The van der Waals surface area contributed by atoms with Gasteiger partial charge in [0.15, 0.2) is 0 Å². The van der Waals surface area contributed by atoms with Crippen LogP contribution in [0.5, 0.6) is 0 Å². The van der Waals surface area contributed by atoms with E-state index in [1.807, 2.05) is 0 Å². The van der Waals surface area contributed by atoms with Crippen LogP contribution in [0.3, 0.4) is 0 Å². The molecule has 0 radical (unpaired) electrons. The lowest BCUT2D eigenvalue weighted by molar-refractivity contribution is -0.119. The second-order valence-electron chi connectivity index (χ2n) is 3.02. The molecular formula is C10H13FN2O. The summed E-state index contributed by atoms with van der Waals surface area (Å²) < 4.78 is 13.2. The van der Waals surface area contributed by atoms with Crippen molar-refractivity contribution in [1.29, 1.82) is 0 Å². The van der Waals surface area contributed by atoms with Gasteiger partial charge >= 0.3 is 0 Å². The number of rotatable bonds is 3. The van der Waals surface area contributed by atoms with E-state index < -0.39 is 0 Å². The van der Waals surface area contributed by atoms with Crippen molar-refractivity contribution in [1.82, 2.24) is 5.32 Å².